The van der Waals surface area contributed by atoms with Crippen molar-refractivity contribution in [1.29, 1.82) is 0 Å². The number of fused-ring (bicyclic) bond motifs is 1. The summed E-state index contributed by atoms with van der Waals surface area (Å²) in [4.78, 5) is 0.353. The maximum absolute atomic E-state index is 13.1. The van der Waals surface area contributed by atoms with E-state index < -0.39 is 10.0 Å². The maximum Gasteiger partial charge on any atom is 0.241 e. The number of sulfonamides is 1. The third-order valence-corrected chi connectivity index (χ3v) is 7.63. The molecule has 0 aliphatic carbocycles. The lowest BCUT2D eigenvalue weighted by Gasteiger charge is -2.18. The van der Waals surface area contributed by atoms with Crippen molar-refractivity contribution in [3.63, 3.8) is 0 Å². The third-order valence-electron chi connectivity index (χ3n) is 5.74. The van der Waals surface area contributed by atoms with E-state index in [-0.39, 0.29) is 6.04 Å². The van der Waals surface area contributed by atoms with Gasteiger partial charge in [-0.3, -0.25) is 0 Å². The summed E-state index contributed by atoms with van der Waals surface area (Å²) in [6.07, 6.45) is 1.81. The van der Waals surface area contributed by atoms with Crippen LogP contribution in [0.3, 0.4) is 0 Å². The fourth-order valence-electron chi connectivity index (χ4n) is 4.37. The van der Waals surface area contributed by atoms with Crippen LogP contribution in [0.2, 0.25) is 0 Å². The number of methoxy groups -OCH3 is 1. The average molecular weight is 479 g/mol. The molecule has 8 heteroatoms. The molecule has 4 rings (SSSR count). The van der Waals surface area contributed by atoms with Crippen LogP contribution in [0.15, 0.2) is 65.7 Å². The number of nitrogens with one attached hydrogen (secondary N) is 2. The zero-order chi connectivity index (χ0) is 24.5. The number of ether oxygens (including phenoxy) is 1. The molecule has 34 heavy (non-hydrogen) atoms. The van der Waals surface area contributed by atoms with Gasteiger partial charge in [-0.1, -0.05) is 29.8 Å². The first-order valence-corrected chi connectivity index (χ1v) is 12.6. The molecule has 178 valence electrons. The van der Waals surface area contributed by atoms with Crippen molar-refractivity contribution < 1.29 is 13.2 Å². The van der Waals surface area contributed by atoms with Gasteiger partial charge in [0.05, 0.1) is 29.4 Å². The molecule has 3 aromatic carbocycles. The van der Waals surface area contributed by atoms with E-state index in [1.54, 1.807) is 7.11 Å². The number of hydrogen-bond acceptors (Lipinski definition) is 5. The Morgan fingerprint density at radius 2 is 1.74 bits per heavy atom. The predicted octanol–water partition coefficient (Wildman–Crippen LogP) is 4.74. The molecule has 7 nitrogen and oxygen atoms in total. The summed E-state index contributed by atoms with van der Waals surface area (Å²) >= 11 is 0. The van der Waals surface area contributed by atoms with Crippen molar-refractivity contribution in [3.05, 3.63) is 77.5 Å². The van der Waals surface area contributed by atoms with E-state index in [9.17, 15) is 8.42 Å². The van der Waals surface area contributed by atoms with Crippen molar-refractivity contribution in [3.8, 4) is 11.4 Å². The Hall–Kier alpha value is -3.36. The van der Waals surface area contributed by atoms with E-state index >= 15 is 0 Å². The molecular formula is C26H30N4O3S. The Morgan fingerprint density at radius 1 is 1.03 bits per heavy atom. The molecular weight excluding hydrogens is 448 g/mol. The highest BCUT2D eigenvalue weighted by Crippen LogP contribution is 2.27. The largest absolute Gasteiger partial charge is 0.497 e. The first kappa shape index (κ1) is 23.8. The Labute approximate surface area is 200 Å². The smallest absolute Gasteiger partial charge is 0.241 e. The van der Waals surface area contributed by atoms with Crippen LogP contribution in [0.25, 0.3) is 16.6 Å². The van der Waals surface area contributed by atoms with Crippen molar-refractivity contribution in [2.24, 2.45) is 0 Å². The van der Waals surface area contributed by atoms with E-state index in [2.05, 4.69) is 15.1 Å². The highest BCUT2D eigenvalue weighted by atomic mass is 32.2. The Kier molecular flexibility index (Phi) is 6.63. The van der Waals surface area contributed by atoms with Gasteiger partial charge in [0.1, 0.15) is 5.75 Å². The number of rotatable bonds is 8. The van der Waals surface area contributed by atoms with Gasteiger partial charge in [-0.25, -0.2) is 17.8 Å². The van der Waals surface area contributed by atoms with Gasteiger partial charge in [0.15, 0.2) is 0 Å². The fourth-order valence-corrected chi connectivity index (χ4v) is 6.07. The molecule has 2 N–H and O–H groups in total. The lowest BCUT2D eigenvalue weighted by Crippen LogP contribution is -2.38. The van der Waals surface area contributed by atoms with Crippen LogP contribution in [0.1, 0.15) is 23.6 Å². The molecule has 1 heterocycles. The first-order valence-electron chi connectivity index (χ1n) is 11.1. The molecule has 4 aromatic rings. The zero-order valence-electron chi connectivity index (χ0n) is 20.1. The molecule has 0 aliphatic heterocycles. The van der Waals surface area contributed by atoms with Crippen LogP contribution < -0.4 is 14.8 Å². The number of aryl methyl sites for hydroxylation is 3. The number of nitrogens with zero attached hydrogens (tertiary/aromatic N) is 2. The zero-order valence-corrected chi connectivity index (χ0v) is 20.9. The van der Waals surface area contributed by atoms with E-state index in [0.29, 0.717) is 11.4 Å². The minimum absolute atomic E-state index is 0.325. The molecule has 0 aliphatic rings. The molecule has 0 amide bonds. The van der Waals surface area contributed by atoms with Crippen molar-refractivity contribution >= 4 is 26.6 Å². The van der Waals surface area contributed by atoms with Crippen LogP contribution in [-0.4, -0.2) is 37.9 Å². The Bertz CT molecular complexity index is 1420. The van der Waals surface area contributed by atoms with Crippen LogP contribution in [0.5, 0.6) is 5.75 Å². The van der Waals surface area contributed by atoms with Crippen LogP contribution in [0.4, 0.5) is 5.69 Å². The van der Waals surface area contributed by atoms with Gasteiger partial charge in [0.25, 0.3) is 0 Å². The molecule has 1 atom stereocenters. The maximum atomic E-state index is 13.1. The average Bonchev–Trinajstić information content (AvgIpc) is 3.21. The van der Waals surface area contributed by atoms with Gasteiger partial charge in [0, 0.05) is 29.7 Å². The minimum Gasteiger partial charge on any atom is -0.497 e. The van der Waals surface area contributed by atoms with Gasteiger partial charge in [-0.15, -0.1) is 0 Å². The normalized spacial score (nSPS) is 12.6. The monoisotopic (exact) mass is 478 g/mol. The van der Waals surface area contributed by atoms with Gasteiger partial charge in [-0.2, -0.15) is 5.10 Å². The summed E-state index contributed by atoms with van der Waals surface area (Å²) in [5, 5.41) is 8.90. The second-order valence-corrected chi connectivity index (χ2v) is 10.3. The van der Waals surface area contributed by atoms with E-state index in [4.69, 9.17) is 4.74 Å². The van der Waals surface area contributed by atoms with E-state index in [1.165, 1.54) is 0 Å². The standard InChI is InChI=1S/C26H30N4O3S/c1-17-12-18(2)26(19(3)13-17)34(31,32)29-20(4)15-27-24-10-7-11-25-23(24)16-28-30(25)21-8-6-9-22(14-21)33-5/h6-14,16,20,27,29H,15H2,1-5H3. The van der Waals surface area contributed by atoms with Crippen LogP contribution in [-0.2, 0) is 10.0 Å². The van der Waals surface area contributed by atoms with Crippen molar-refractivity contribution in [2.75, 3.05) is 19.0 Å². The highest BCUT2D eigenvalue weighted by Gasteiger charge is 2.22. The molecule has 0 bridgehead atoms. The number of benzene rings is 3. The summed E-state index contributed by atoms with van der Waals surface area (Å²) in [5.41, 5.74) is 5.28. The molecule has 0 radical (unpaired) electrons. The second-order valence-electron chi connectivity index (χ2n) is 8.63. The summed E-state index contributed by atoms with van der Waals surface area (Å²) in [5.74, 6) is 0.760. The Balaban J connectivity index is 1.52. The molecule has 0 saturated heterocycles. The number of anilines is 1. The predicted molar refractivity (Wildman–Crippen MR) is 137 cm³/mol. The highest BCUT2D eigenvalue weighted by molar-refractivity contribution is 7.89. The van der Waals surface area contributed by atoms with Crippen molar-refractivity contribution in [2.45, 2.75) is 38.6 Å². The van der Waals surface area contributed by atoms with Crippen LogP contribution in [0, 0.1) is 20.8 Å². The van der Waals surface area contributed by atoms with Crippen LogP contribution >= 0.6 is 0 Å². The SMILES string of the molecule is COc1cccc(-n2ncc3c(NCC(C)NS(=O)(=O)c4c(C)cc(C)cc4C)cccc32)c1. The minimum atomic E-state index is -3.64. The van der Waals surface area contributed by atoms with Gasteiger partial charge < -0.3 is 10.1 Å². The number of aromatic nitrogens is 2. The second kappa shape index (κ2) is 9.48. The van der Waals surface area contributed by atoms with E-state index in [0.717, 1.165) is 44.7 Å². The topological polar surface area (TPSA) is 85.2 Å². The van der Waals surface area contributed by atoms with E-state index in [1.807, 2.05) is 93.2 Å². The number of hydrogen-bond donors (Lipinski definition) is 2. The lowest BCUT2D eigenvalue weighted by molar-refractivity contribution is 0.414. The van der Waals surface area contributed by atoms with Gasteiger partial charge in [0.2, 0.25) is 10.0 Å². The summed E-state index contributed by atoms with van der Waals surface area (Å²) in [6, 6.07) is 17.1. The summed E-state index contributed by atoms with van der Waals surface area (Å²) in [6.45, 7) is 7.90. The molecule has 0 saturated carbocycles. The molecule has 1 aromatic heterocycles. The lowest BCUT2D eigenvalue weighted by atomic mass is 10.1. The summed E-state index contributed by atoms with van der Waals surface area (Å²) < 4.78 is 36.1. The third kappa shape index (κ3) is 4.78. The Morgan fingerprint density at radius 3 is 2.44 bits per heavy atom. The molecule has 0 fully saturated rings. The fraction of sp³-hybridized carbons (Fsp3) is 0.269. The molecule has 1 unspecified atom stereocenters. The quantitative estimate of drug-likeness (QED) is 0.382. The first-order chi connectivity index (χ1) is 16.2. The molecule has 0 spiro atoms. The van der Waals surface area contributed by atoms with Gasteiger partial charge in [-0.05, 0) is 63.1 Å². The van der Waals surface area contributed by atoms with Crippen molar-refractivity contribution in [1.82, 2.24) is 14.5 Å². The van der Waals surface area contributed by atoms with Gasteiger partial charge >= 0.3 is 0 Å². The summed E-state index contributed by atoms with van der Waals surface area (Å²) in [7, 11) is -2.00.